The van der Waals surface area contributed by atoms with Crippen LogP contribution in [0.5, 0.6) is 0 Å². The van der Waals surface area contributed by atoms with Gasteiger partial charge in [-0.1, -0.05) is 0 Å². The van der Waals surface area contributed by atoms with Gasteiger partial charge < -0.3 is 9.52 Å². The molecule has 2 nitrogen and oxygen atoms in total. The zero-order valence-electron chi connectivity index (χ0n) is 7.00. The first-order valence-corrected chi connectivity index (χ1v) is 3.91. The van der Waals surface area contributed by atoms with Crippen molar-refractivity contribution in [3.63, 3.8) is 0 Å². The quantitative estimate of drug-likeness (QED) is 0.721. The summed E-state index contributed by atoms with van der Waals surface area (Å²) in [5, 5.41) is 9.00. The van der Waals surface area contributed by atoms with Crippen LogP contribution in [-0.4, -0.2) is 11.2 Å². The fourth-order valence-electron chi connectivity index (χ4n) is 1.00. The van der Waals surface area contributed by atoms with Gasteiger partial charge in [0.05, 0.1) is 12.4 Å². The average Bonchev–Trinajstić information content (AvgIpc) is 2.31. The molecule has 0 saturated heterocycles. The average molecular weight is 154 g/mol. The van der Waals surface area contributed by atoms with Crippen LogP contribution in [0.4, 0.5) is 0 Å². The summed E-state index contributed by atoms with van der Waals surface area (Å²) in [6, 6.07) is 1.94. The van der Waals surface area contributed by atoms with Crippen molar-refractivity contribution in [2.45, 2.75) is 32.8 Å². The summed E-state index contributed by atoms with van der Waals surface area (Å²) in [5.74, 6) is 0.992. The van der Waals surface area contributed by atoms with Crippen molar-refractivity contribution >= 4 is 0 Å². The molecule has 2 heteroatoms. The molecule has 0 radical (unpaired) electrons. The number of furan rings is 1. The Morgan fingerprint density at radius 2 is 2.36 bits per heavy atom. The second-order valence-corrected chi connectivity index (χ2v) is 2.91. The Bertz CT molecular complexity index is 213. The molecule has 0 amide bonds. The number of rotatable bonds is 3. The van der Waals surface area contributed by atoms with E-state index < -0.39 is 0 Å². The highest BCUT2D eigenvalue weighted by atomic mass is 16.3. The monoisotopic (exact) mass is 154 g/mol. The Labute approximate surface area is 66.8 Å². The van der Waals surface area contributed by atoms with Gasteiger partial charge in [0.15, 0.2) is 0 Å². The van der Waals surface area contributed by atoms with Crippen LogP contribution in [0.15, 0.2) is 16.7 Å². The van der Waals surface area contributed by atoms with Crippen LogP contribution in [0.1, 0.15) is 24.7 Å². The van der Waals surface area contributed by atoms with Gasteiger partial charge in [-0.25, -0.2) is 0 Å². The molecule has 0 aromatic carbocycles. The molecule has 0 saturated carbocycles. The Morgan fingerprint density at radius 1 is 1.64 bits per heavy atom. The molecule has 1 rings (SSSR count). The van der Waals surface area contributed by atoms with E-state index in [2.05, 4.69) is 0 Å². The minimum atomic E-state index is -0.237. The highest BCUT2D eigenvalue weighted by Gasteiger charge is 2.03. The lowest BCUT2D eigenvalue weighted by Crippen LogP contribution is -2.01. The number of aliphatic hydroxyl groups excluding tert-OH is 1. The van der Waals surface area contributed by atoms with Gasteiger partial charge in [-0.05, 0) is 31.9 Å². The van der Waals surface area contributed by atoms with Crippen LogP contribution in [0, 0.1) is 6.92 Å². The van der Waals surface area contributed by atoms with Gasteiger partial charge in [-0.2, -0.15) is 0 Å². The van der Waals surface area contributed by atoms with Crippen molar-refractivity contribution in [3.05, 3.63) is 23.7 Å². The fourth-order valence-corrected chi connectivity index (χ4v) is 1.00. The molecule has 0 fully saturated rings. The Hall–Kier alpha value is -0.760. The maximum absolute atomic E-state index is 9.00. The zero-order valence-corrected chi connectivity index (χ0v) is 7.00. The van der Waals surface area contributed by atoms with Gasteiger partial charge >= 0.3 is 0 Å². The molecule has 1 aromatic heterocycles. The molecule has 1 heterocycles. The van der Waals surface area contributed by atoms with Crippen LogP contribution in [0.2, 0.25) is 0 Å². The van der Waals surface area contributed by atoms with E-state index in [1.54, 1.807) is 13.2 Å². The fraction of sp³-hybridized carbons (Fsp3) is 0.556. The molecule has 0 unspecified atom stereocenters. The third-order valence-corrected chi connectivity index (χ3v) is 1.76. The van der Waals surface area contributed by atoms with Gasteiger partial charge in [0.25, 0.3) is 0 Å². The topological polar surface area (TPSA) is 33.4 Å². The highest BCUT2D eigenvalue weighted by Crippen LogP contribution is 2.11. The molecule has 0 spiro atoms. The maximum Gasteiger partial charge on any atom is 0.106 e. The first kappa shape index (κ1) is 8.34. The second kappa shape index (κ2) is 3.58. The molecule has 11 heavy (non-hydrogen) atoms. The van der Waals surface area contributed by atoms with Crippen molar-refractivity contribution in [2.24, 2.45) is 0 Å². The van der Waals surface area contributed by atoms with E-state index in [0.717, 1.165) is 18.6 Å². The second-order valence-electron chi connectivity index (χ2n) is 2.91. The van der Waals surface area contributed by atoms with Crippen LogP contribution in [-0.2, 0) is 6.42 Å². The molecule has 0 bridgehead atoms. The smallest absolute Gasteiger partial charge is 0.106 e. The SMILES string of the molecule is Cc1ccoc1CC[C@@H](C)O. The molecular weight excluding hydrogens is 140 g/mol. The molecule has 0 aliphatic rings. The predicted octanol–water partition coefficient (Wildman–Crippen LogP) is 1.90. The van der Waals surface area contributed by atoms with Crippen molar-refractivity contribution < 1.29 is 9.52 Å². The minimum Gasteiger partial charge on any atom is -0.469 e. The largest absolute Gasteiger partial charge is 0.469 e. The summed E-state index contributed by atoms with van der Waals surface area (Å²) in [4.78, 5) is 0. The lowest BCUT2D eigenvalue weighted by atomic mass is 10.1. The molecule has 1 N–H and O–H groups in total. The minimum absolute atomic E-state index is 0.237. The molecule has 0 aliphatic heterocycles. The first-order valence-electron chi connectivity index (χ1n) is 3.91. The lowest BCUT2D eigenvalue weighted by molar-refractivity contribution is 0.182. The van der Waals surface area contributed by atoms with E-state index in [1.165, 1.54) is 5.56 Å². The summed E-state index contributed by atoms with van der Waals surface area (Å²) < 4.78 is 5.20. The van der Waals surface area contributed by atoms with Gasteiger partial charge in [-0.3, -0.25) is 0 Å². The Morgan fingerprint density at radius 3 is 2.82 bits per heavy atom. The van der Waals surface area contributed by atoms with Crippen molar-refractivity contribution in [3.8, 4) is 0 Å². The maximum atomic E-state index is 9.00. The van der Waals surface area contributed by atoms with E-state index in [-0.39, 0.29) is 6.10 Å². The van der Waals surface area contributed by atoms with E-state index >= 15 is 0 Å². The molecular formula is C9H14O2. The van der Waals surface area contributed by atoms with Crippen LogP contribution in [0.3, 0.4) is 0 Å². The van der Waals surface area contributed by atoms with E-state index in [0.29, 0.717) is 0 Å². The third kappa shape index (κ3) is 2.39. The van der Waals surface area contributed by atoms with Gasteiger partial charge in [0.2, 0.25) is 0 Å². The normalized spacial score (nSPS) is 13.4. The van der Waals surface area contributed by atoms with Gasteiger partial charge in [-0.15, -0.1) is 0 Å². The highest BCUT2D eigenvalue weighted by molar-refractivity contribution is 5.14. The zero-order chi connectivity index (χ0) is 8.27. The molecule has 0 aliphatic carbocycles. The van der Waals surface area contributed by atoms with Crippen LogP contribution >= 0.6 is 0 Å². The summed E-state index contributed by atoms with van der Waals surface area (Å²) in [6.45, 7) is 3.80. The summed E-state index contributed by atoms with van der Waals surface area (Å²) in [5.41, 5.74) is 1.17. The lowest BCUT2D eigenvalue weighted by Gasteiger charge is -2.01. The number of aliphatic hydroxyl groups is 1. The standard InChI is InChI=1S/C9H14O2/c1-7-5-6-11-9(7)4-3-8(2)10/h5-6,8,10H,3-4H2,1-2H3/t8-/m1/s1. The van der Waals surface area contributed by atoms with E-state index in [9.17, 15) is 0 Å². The number of aryl methyl sites for hydroxylation is 2. The summed E-state index contributed by atoms with van der Waals surface area (Å²) in [7, 11) is 0. The summed E-state index contributed by atoms with van der Waals surface area (Å²) in [6.07, 6.45) is 3.05. The van der Waals surface area contributed by atoms with Crippen LogP contribution in [0.25, 0.3) is 0 Å². The van der Waals surface area contributed by atoms with Gasteiger partial charge in [0, 0.05) is 6.42 Å². The molecule has 62 valence electrons. The molecule has 1 atom stereocenters. The number of hydrogen-bond donors (Lipinski definition) is 1. The summed E-state index contributed by atoms with van der Waals surface area (Å²) >= 11 is 0. The van der Waals surface area contributed by atoms with Crippen molar-refractivity contribution in [1.82, 2.24) is 0 Å². The predicted molar refractivity (Wildman–Crippen MR) is 43.4 cm³/mol. The number of hydrogen-bond acceptors (Lipinski definition) is 2. The molecule has 1 aromatic rings. The Kier molecular flexibility index (Phi) is 2.71. The Balaban J connectivity index is 2.44. The van der Waals surface area contributed by atoms with Gasteiger partial charge in [0.1, 0.15) is 5.76 Å². The van der Waals surface area contributed by atoms with E-state index in [4.69, 9.17) is 9.52 Å². The van der Waals surface area contributed by atoms with Crippen molar-refractivity contribution in [2.75, 3.05) is 0 Å². The first-order chi connectivity index (χ1) is 5.20. The van der Waals surface area contributed by atoms with Crippen molar-refractivity contribution in [1.29, 1.82) is 0 Å². The third-order valence-electron chi connectivity index (χ3n) is 1.76. The van der Waals surface area contributed by atoms with Crippen LogP contribution < -0.4 is 0 Å². The van der Waals surface area contributed by atoms with E-state index in [1.807, 2.05) is 13.0 Å².